The SMILES string of the molecule is CN(CC1CCCO1)C(=O)C(C)(C)c1ccc(N)cc1. The molecule has 0 aromatic heterocycles. The van der Waals surface area contributed by atoms with E-state index >= 15 is 0 Å². The van der Waals surface area contributed by atoms with Crippen LogP contribution in [0.15, 0.2) is 24.3 Å². The van der Waals surface area contributed by atoms with Gasteiger partial charge in [-0.15, -0.1) is 0 Å². The second kappa shape index (κ2) is 5.83. The van der Waals surface area contributed by atoms with Crippen LogP contribution in [0.3, 0.4) is 0 Å². The molecule has 1 aliphatic heterocycles. The van der Waals surface area contributed by atoms with E-state index in [0.717, 1.165) is 25.0 Å². The average molecular weight is 276 g/mol. The fourth-order valence-electron chi connectivity index (χ4n) is 2.68. The predicted molar refractivity (Wildman–Crippen MR) is 80.5 cm³/mol. The first-order chi connectivity index (χ1) is 9.41. The summed E-state index contributed by atoms with van der Waals surface area (Å²) in [4.78, 5) is 14.5. The van der Waals surface area contributed by atoms with E-state index in [1.165, 1.54) is 0 Å². The van der Waals surface area contributed by atoms with E-state index in [4.69, 9.17) is 10.5 Å². The van der Waals surface area contributed by atoms with Gasteiger partial charge >= 0.3 is 0 Å². The molecule has 1 aromatic carbocycles. The molecule has 1 unspecified atom stereocenters. The molecule has 1 heterocycles. The van der Waals surface area contributed by atoms with E-state index in [0.29, 0.717) is 12.2 Å². The first-order valence-corrected chi connectivity index (χ1v) is 7.14. The zero-order valence-electron chi connectivity index (χ0n) is 12.6. The Bertz CT molecular complexity index is 462. The van der Waals surface area contributed by atoms with Gasteiger partial charge in [0.05, 0.1) is 11.5 Å². The standard InChI is InChI=1S/C16H24N2O2/c1-16(2,12-6-8-13(17)9-7-12)15(19)18(3)11-14-5-4-10-20-14/h6-9,14H,4-5,10-11,17H2,1-3H3. The van der Waals surface area contributed by atoms with E-state index < -0.39 is 5.41 Å². The molecule has 1 fully saturated rings. The Morgan fingerprint density at radius 1 is 1.40 bits per heavy atom. The lowest BCUT2D eigenvalue weighted by Crippen LogP contribution is -2.44. The zero-order valence-corrected chi connectivity index (χ0v) is 12.6. The molecule has 2 N–H and O–H groups in total. The van der Waals surface area contributed by atoms with Gasteiger partial charge in [-0.05, 0) is 44.4 Å². The molecule has 0 aliphatic carbocycles. The maximum absolute atomic E-state index is 12.7. The van der Waals surface area contributed by atoms with Crippen LogP contribution in [0, 0.1) is 0 Å². The highest BCUT2D eigenvalue weighted by molar-refractivity contribution is 5.87. The molecule has 1 atom stereocenters. The van der Waals surface area contributed by atoms with Gasteiger partial charge in [0.2, 0.25) is 5.91 Å². The number of nitrogens with zero attached hydrogens (tertiary/aromatic N) is 1. The molecule has 0 saturated carbocycles. The van der Waals surface area contributed by atoms with E-state index in [1.807, 2.05) is 45.2 Å². The summed E-state index contributed by atoms with van der Waals surface area (Å²) in [5.41, 5.74) is 6.84. The summed E-state index contributed by atoms with van der Waals surface area (Å²) in [7, 11) is 1.85. The van der Waals surface area contributed by atoms with Crippen LogP contribution in [0.25, 0.3) is 0 Å². The minimum Gasteiger partial charge on any atom is -0.399 e. The molecule has 1 amide bonds. The van der Waals surface area contributed by atoms with Crippen LogP contribution in [0.1, 0.15) is 32.3 Å². The largest absolute Gasteiger partial charge is 0.399 e. The number of carbonyl (C=O) groups excluding carboxylic acids is 1. The quantitative estimate of drug-likeness (QED) is 0.858. The van der Waals surface area contributed by atoms with Crippen molar-refractivity contribution in [3.63, 3.8) is 0 Å². The third kappa shape index (κ3) is 3.12. The lowest BCUT2D eigenvalue weighted by Gasteiger charge is -2.31. The van der Waals surface area contributed by atoms with Gasteiger partial charge in [-0.2, -0.15) is 0 Å². The average Bonchev–Trinajstić information content (AvgIpc) is 2.91. The van der Waals surface area contributed by atoms with Gasteiger partial charge in [-0.1, -0.05) is 12.1 Å². The molecule has 110 valence electrons. The van der Waals surface area contributed by atoms with Crippen molar-refractivity contribution in [3.05, 3.63) is 29.8 Å². The van der Waals surface area contributed by atoms with Crippen molar-refractivity contribution < 1.29 is 9.53 Å². The Hall–Kier alpha value is -1.55. The molecule has 0 spiro atoms. The zero-order chi connectivity index (χ0) is 14.8. The molecule has 1 saturated heterocycles. The van der Waals surface area contributed by atoms with E-state index in [2.05, 4.69) is 0 Å². The van der Waals surface area contributed by atoms with E-state index in [1.54, 1.807) is 4.90 Å². The monoisotopic (exact) mass is 276 g/mol. The van der Waals surface area contributed by atoms with Gasteiger partial charge in [-0.25, -0.2) is 0 Å². The van der Waals surface area contributed by atoms with Crippen LogP contribution in [0.4, 0.5) is 5.69 Å². The topological polar surface area (TPSA) is 55.6 Å². The summed E-state index contributed by atoms with van der Waals surface area (Å²) in [5.74, 6) is 0.109. The predicted octanol–water partition coefficient (Wildman–Crippen LogP) is 2.18. The number of ether oxygens (including phenoxy) is 1. The Morgan fingerprint density at radius 2 is 2.05 bits per heavy atom. The fraction of sp³-hybridized carbons (Fsp3) is 0.562. The van der Waals surface area contributed by atoms with Crippen LogP contribution in [0.5, 0.6) is 0 Å². The first-order valence-electron chi connectivity index (χ1n) is 7.14. The minimum absolute atomic E-state index is 0.109. The van der Waals surface area contributed by atoms with Crippen molar-refractivity contribution in [2.75, 3.05) is 25.9 Å². The van der Waals surface area contributed by atoms with Gasteiger partial charge in [0.15, 0.2) is 0 Å². The number of nitrogen functional groups attached to an aromatic ring is 1. The summed E-state index contributed by atoms with van der Waals surface area (Å²) in [6.07, 6.45) is 2.32. The Labute approximate surface area is 120 Å². The van der Waals surface area contributed by atoms with E-state index in [-0.39, 0.29) is 12.0 Å². The molecule has 1 aromatic rings. The number of carbonyl (C=O) groups is 1. The van der Waals surface area contributed by atoms with Crippen molar-refractivity contribution in [3.8, 4) is 0 Å². The van der Waals surface area contributed by atoms with Crippen LogP contribution < -0.4 is 5.73 Å². The molecule has 4 nitrogen and oxygen atoms in total. The number of likely N-dealkylation sites (N-methyl/N-ethyl adjacent to an activating group) is 1. The summed E-state index contributed by atoms with van der Waals surface area (Å²) >= 11 is 0. The molecular weight excluding hydrogens is 252 g/mol. The number of anilines is 1. The van der Waals surface area contributed by atoms with Crippen molar-refractivity contribution >= 4 is 11.6 Å². The summed E-state index contributed by atoms with van der Waals surface area (Å²) < 4.78 is 5.60. The first kappa shape index (κ1) is 14.9. The molecule has 0 radical (unpaired) electrons. The Balaban J connectivity index is 2.07. The smallest absolute Gasteiger partial charge is 0.232 e. The van der Waals surface area contributed by atoms with Gasteiger partial charge in [0.25, 0.3) is 0 Å². The van der Waals surface area contributed by atoms with Gasteiger partial charge in [0.1, 0.15) is 0 Å². The second-order valence-corrected chi connectivity index (χ2v) is 6.07. The Morgan fingerprint density at radius 3 is 2.60 bits per heavy atom. The highest BCUT2D eigenvalue weighted by atomic mass is 16.5. The highest BCUT2D eigenvalue weighted by Gasteiger charge is 2.33. The van der Waals surface area contributed by atoms with Crippen molar-refractivity contribution in [2.24, 2.45) is 0 Å². The highest BCUT2D eigenvalue weighted by Crippen LogP contribution is 2.26. The number of nitrogens with two attached hydrogens (primary N) is 1. The van der Waals surface area contributed by atoms with Crippen LogP contribution >= 0.6 is 0 Å². The molecule has 0 bridgehead atoms. The summed E-state index contributed by atoms with van der Waals surface area (Å²) in [5, 5.41) is 0. The summed E-state index contributed by atoms with van der Waals surface area (Å²) in [6.45, 7) is 5.38. The number of hydrogen-bond acceptors (Lipinski definition) is 3. The third-order valence-electron chi connectivity index (χ3n) is 4.02. The normalized spacial score (nSPS) is 19.1. The Kier molecular flexibility index (Phi) is 4.33. The van der Waals surface area contributed by atoms with Crippen LogP contribution in [0.2, 0.25) is 0 Å². The third-order valence-corrected chi connectivity index (χ3v) is 4.02. The molecule has 20 heavy (non-hydrogen) atoms. The maximum Gasteiger partial charge on any atom is 0.232 e. The molecular formula is C16H24N2O2. The molecule has 4 heteroatoms. The van der Waals surface area contributed by atoms with Crippen molar-refractivity contribution in [1.82, 2.24) is 4.90 Å². The van der Waals surface area contributed by atoms with Gasteiger partial charge in [-0.3, -0.25) is 4.79 Å². The van der Waals surface area contributed by atoms with Crippen LogP contribution in [-0.2, 0) is 14.9 Å². The number of rotatable bonds is 4. The lowest BCUT2D eigenvalue weighted by atomic mass is 9.83. The van der Waals surface area contributed by atoms with E-state index in [9.17, 15) is 4.79 Å². The molecule has 1 aliphatic rings. The maximum atomic E-state index is 12.7. The summed E-state index contributed by atoms with van der Waals surface area (Å²) in [6, 6.07) is 7.52. The minimum atomic E-state index is -0.555. The van der Waals surface area contributed by atoms with Crippen LogP contribution in [-0.4, -0.2) is 37.1 Å². The second-order valence-electron chi connectivity index (χ2n) is 6.07. The number of benzene rings is 1. The van der Waals surface area contributed by atoms with Crippen molar-refractivity contribution in [1.29, 1.82) is 0 Å². The fourth-order valence-corrected chi connectivity index (χ4v) is 2.68. The lowest BCUT2D eigenvalue weighted by molar-refractivity contribution is -0.136. The van der Waals surface area contributed by atoms with Crippen molar-refractivity contribution in [2.45, 2.75) is 38.2 Å². The van der Waals surface area contributed by atoms with Gasteiger partial charge in [0, 0.05) is 25.9 Å². The number of amides is 1. The van der Waals surface area contributed by atoms with Gasteiger partial charge < -0.3 is 15.4 Å². The number of hydrogen-bond donors (Lipinski definition) is 1. The molecule has 2 rings (SSSR count).